The molecule has 1 aromatic rings. The second-order valence-electron chi connectivity index (χ2n) is 3.72. The molecular formula is C11H10ClN3O. The highest BCUT2D eigenvalue weighted by Gasteiger charge is 2.31. The van der Waals surface area contributed by atoms with Gasteiger partial charge in [0, 0.05) is 25.0 Å². The summed E-state index contributed by atoms with van der Waals surface area (Å²) < 4.78 is 0. The minimum absolute atomic E-state index is 0.0131. The molecule has 2 heterocycles. The van der Waals surface area contributed by atoms with Crippen LogP contribution in [0.5, 0.6) is 0 Å². The van der Waals surface area contributed by atoms with E-state index in [4.69, 9.17) is 16.9 Å². The largest absolute Gasteiger partial charge is 0.295 e. The number of rotatable bonds is 2. The fourth-order valence-electron chi connectivity index (χ4n) is 1.79. The van der Waals surface area contributed by atoms with Gasteiger partial charge >= 0.3 is 0 Å². The molecule has 1 aliphatic heterocycles. The summed E-state index contributed by atoms with van der Waals surface area (Å²) in [6, 6.07) is 5.38. The molecule has 4 nitrogen and oxygen atoms in total. The van der Waals surface area contributed by atoms with Crippen molar-refractivity contribution in [1.29, 1.82) is 5.26 Å². The maximum absolute atomic E-state index is 11.7. The monoisotopic (exact) mass is 235 g/mol. The molecule has 0 aromatic carbocycles. The third-order valence-electron chi connectivity index (χ3n) is 2.59. The standard InChI is InChI=1S/C11H10ClN3O/c12-5-8-4-10(16)15(7-8)11-9(6-13)2-1-3-14-11/h1-3,8H,4-5,7H2. The molecular weight excluding hydrogens is 226 g/mol. The Labute approximate surface area is 98.5 Å². The fourth-order valence-corrected chi connectivity index (χ4v) is 2.00. The van der Waals surface area contributed by atoms with Gasteiger partial charge in [0.25, 0.3) is 0 Å². The Hall–Kier alpha value is -1.60. The van der Waals surface area contributed by atoms with E-state index in [9.17, 15) is 4.79 Å². The van der Waals surface area contributed by atoms with Crippen molar-refractivity contribution in [2.45, 2.75) is 6.42 Å². The van der Waals surface area contributed by atoms with E-state index >= 15 is 0 Å². The van der Waals surface area contributed by atoms with Gasteiger partial charge < -0.3 is 0 Å². The fraction of sp³-hybridized carbons (Fsp3) is 0.364. The summed E-state index contributed by atoms with van der Waals surface area (Å²) >= 11 is 5.74. The van der Waals surface area contributed by atoms with E-state index < -0.39 is 0 Å². The molecule has 0 radical (unpaired) electrons. The van der Waals surface area contributed by atoms with Crippen molar-refractivity contribution in [3.63, 3.8) is 0 Å². The molecule has 1 aliphatic rings. The van der Waals surface area contributed by atoms with Gasteiger partial charge in [0.15, 0.2) is 5.82 Å². The van der Waals surface area contributed by atoms with Gasteiger partial charge in [0.1, 0.15) is 6.07 Å². The van der Waals surface area contributed by atoms with Crippen LogP contribution >= 0.6 is 11.6 Å². The molecule has 0 spiro atoms. The molecule has 2 rings (SSSR count). The SMILES string of the molecule is N#Cc1cccnc1N1CC(CCl)CC1=O. The Morgan fingerprint density at radius 3 is 3.12 bits per heavy atom. The summed E-state index contributed by atoms with van der Waals surface area (Å²) in [5, 5.41) is 8.93. The van der Waals surface area contributed by atoms with Gasteiger partial charge in [-0.25, -0.2) is 4.98 Å². The number of hydrogen-bond donors (Lipinski definition) is 0. The van der Waals surface area contributed by atoms with Crippen LogP contribution in [0.4, 0.5) is 5.82 Å². The predicted molar refractivity (Wildman–Crippen MR) is 60.1 cm³/mol. The maximum Gasteiger partial charge on any atom is 0.228 e. The van der Waals surface area contributed by atoms with E-state index in [1.807, 2.05) is 6.07 Å². The van der Waals surface area contributed by atoms with Crippen LogP contribution in [0.15, 0.2) is 18.3 Å². The van der Waals surface area contributed by atoms with E-state index in [-0.39, 0.29) is 11.8 Å². The van der Waals surface area contributed by atoms with Gasteiger partial charge in [-0.1, -0.05) is 0 Å². The number of alkyl halides is 1. The number of anilines is 1. The molecule has 5 heteroatoms. The van der Waals surface area contributed by atoms with Crippen LogP contribution in [-0.2, 0) is 4.79 Å². The highest BCUT2D eigenvalue weighted by Crippen LogP contribution is 2.26. The Morgan fingerprint density at radius 2 is 2.50 bits per heavy atom. The van der Waals surface area contributed by atoms with Crippen LogP contribution in [0.25, 0.3) is 0 Å². The van der Waals surface area contributed by atoms with E-state index in [1.165, 1.54) is 0 Å². The first kappa shape index (κ1) is 10.9. The summed E-state index contributed by atoms with van der Waals surface area (Å²) in [6.45, 7) is 0.550. The normalized spacial score (nSPS) is 19.9. The number of hydrogen-bond acceptors (Lipinski definition) is 3. The number of amides is 1. The van der Waals surface area contributed by atoms with Gasteiger partial charge in [0.05, 0.1) is 5.56 Å². The lowest BCUT2D eigenvalue weighted by molar-refractivity contribution is -0.117. The first-order valence-corrected chi connectivity index (χ1v) is 5.51. The van der Waals surface area contributed by atoms with Crippen LogP contribution in [0.1, 0.15) is 12.0 Å². The molecule has 1 amide bonds. The summed E-state index contributed by atoms with van der Waals surface area (Å²) in [4.78, 5) is 17.4. The van der Waals surface area contributed by atoms with Crippen molar-refractivity contribution in [3.05, 3.63) is 23.9 Å². The lowest BCUT2D eigenvalue weighted by Gasteiger charge is -2.15. The number of pyridine rings is 1. The van der Waals surface area contributed by atoms with Crippen LogP contribution in [0, 0.1) is 17.2 Å². The van der Waals surface area contributed by atoms with Crippen LogP contribution in [0.2, 0.25) is 0 Å². The van der Waals surface area contributed by atoms with Crippen molar-refractivity contribution in [1.82, 2.24) is 4.98 Å². The maximum atomic E-state index is 11.7. The zero-order valence-corrected chi connectivity index (χ0v) is 9.31. The summed E-state index contributed by atoms with van der Waals surface area (Å²) in [5.74, 6) is 1.04. The van der Waals surface area contributed by atoms with Gasteiger partial charge in [-0.3, -0.25) is 9.69 Å². The summed E-state index contributed by atoms with van der Waals surface area (Å²) in [5.41, 5.74) is 0.422. The molecule has 0 N–H and O–H groups in total. The molecule has 0 aliphatic carbocycles. The first-order chi connectivity index (χ1) is 7.76. The van der Waals surface area contributed by atoms with Gasteiger partial charge in [-0.2, -0.15) is 5.26 Å². The number of nitriles is 1. The van der Waals surface area contributed by atoms with Gasteiger partial charge in [0.2, 0.25) is 5.91 Å². The molecule has 16 heavy (non-hydrogen) atoms. The summed E-state index contributed by atoms with van der Waals surface area (Å²) in [7, 11) is 0. The topological polar surface area (TPSA) is 57.0 Å². The first-order valence-electron chi connectivity index (χ1n) is 4.97. The third kappa shape index (κ3) is 1.86. The van der Waals surface area contributed by atoms with E-state index in [0.717, 1.165) is 0 Å². The number of nitrogens with zero attached hydrogens (tertiary/aromatic N) is 3. The van der Waals surface area contributed by atoms with Crippen LogP contribution < -0.4 is 4.90 Å². The van der Waals surface area contributed by atoms with Crippen molar-refractivity contribution in [3.8, 4) is 6.07 Å². The Kier molecular flexibility index (Phi) is 3.07. The summed E-state index contributed by atoms with van der Waals surface area (Å²) in [6.07, 6.45) is 2.02. The highest BCUT2D eigenvalue weighted by atomic mass is 35.5. The highest BCUT2D eigenvalue weighted by molar-refractivity contribution is 6.18. The average Bonchev–Trinajstić information content (AvgIpc) is 2.70. The quantitative estimate of drug-likeness (QED) is 0.731. The van der Waals surface area contributed by atoms with Crippen molar-refractivity contribution in [2.24, 2.45) is 5.92 Å². The number of halogens is 1. The predicted octanol–water partition coefficient (Wildman–Crippen LogP) is 1.54. The van der Waals surface area contributed by atoms with Crippen molar-refractivity contribution < 1.29 is 4.79 Å². The van der Waals surface area contributed by atoms with Crippen LogP contribution in [-0.4, -0.2) is 23.3 Å². The lowest BCUT2D eigenvalue weighted by atomic mass is 10.1. The zero-order valence-electron chi connectivity index (χ0n) is 8.56. The van der Waals surface area contributed by atoms with Gasteiger partial charge in [-0.05, 0) is 18.1 Å². The molecule has 1 fully saturated rings. The Balaban J connectivity index is 2.32. The molecule has 82 valence electrons. The van der Waals surface area contributed by atoms with E-state index in [1.54, 1.807) is 23.2 Å². The number of carbonyl (C=O) groups excluding carboxylic acids is 1. The second kappa shape index (κ2) is 4.50. The zero-order chi connectivity index (χ0) is 11.5. The van der Waals surface area contributed by atoms with Crippen molar-refractivity contribution >= 4 is 23.3 Å². The smallest absolute Gasteiger partial charge is 0.228 e. The van der Waals surface area contributed by atoms with Gasteiger partial charge in [-0.15, -0.1) is 11.6 Å². The lowest BCUT2D eigenvalue weighted by Crippen LogP contribution is -2.26. The Bertz CT molecular complexity index is 455. The molecule has 1 atom stereocenters. The van der Waals surface area contributed by atoms with Crippen LogP contribution in [0.3, 0.4) is 0 Å². The molecule has 0 saturated carbocycles. The van der Waals surface area contributed by atoms with Crippen molar-refractivity contribution in [2.75, 3.05) is 17.3 Å². The minimum atomic E-state index is -0.0131. The molecule has 1 saturated heterocycles. The third-order valence-corrected chi connectivity index (χ3v) is 3.02. The molecule has 0 bridgehead atoms. The Morgan fingerprint density at radius 1 is 1.69 bits per heavy atom. The number of carbonyl (C=O) groups is 1. The second-order valence-corrected chi connectivity index (χ2v) is 4.02. The molecule has 1 aromatic heterocycles. The average molecular weight is 236 g/mol. The minimum Gasteiger partial charge on any atom is -0.295 e. The number of aromatic nitrogens is 1. The van der Waals surface area contributed by atoms with E-state index in [2.05, 4.69) is 4.98 Å². The van der Waals surface area contributed by atoms with E-state index in [0.29, 0.717) is 30.2 Å². The molecule has 1 unspecified atom stereocenters.